The van der Waals surface area contributed by atoms with E-state index in [1.165, 1.54) is 10.5 Å². The zero-order valence-corrected chi connectivity index (χ0v) is 13.2. The molecule has 21 heavy (non-hydrogen) atoms. The van der Waals surface area contributed by atoms with E-state index in [4.69, 9.17) is 9.97 Å². The summed E-state index contributed by atoms with van der Waals surface area (Å²) in [5.41, 5.74) is 3.23. The molecular weight excluding hydrogens is 278 g/mol. The summed E-state index contributed by atoms with van der Waals surface area (Å²) in [6.07, 6.45) is 2.07. The van der Waals surface area contributed by atoms with Gasteiger partial charge in [0.05, 0.1) is 5.52 Å². The number of hydrogen-bond acceptors (Lipinski definition) is 4. The van der Waals surface area contributed by atoms with E-state index in [0.717, 1.165) is 28.1 Å². The van der Waals surface area contributed by atoms with Gasteiger partial charge in [-0.05, 0) is 30.9 Å². The van der Waals surface area contributed by atoms with Gasteiger partial charge in [0.1, 0.15) is 5.82 Å². The molecule has 0 bridgehead atoms. The van der Waals surface area contributed by atoms with Crippen molar-refractivity contribution < 1.29 is 0 Å². The highest BCUT2D eigenvalue weighted by molar-refractivity contribution is 7.98. The second kappa shape index (κ2) is 5.74. The summed E-state index contributed by atoms with van der Waals surface area (Å²) < 4.78 is 0. The zero-order chi connectivity index (χ0) is 14.8. The number of nitrogens with zero attached hydrogens (tertiary/aromatic N) is 2. The van der Waals surface area contributed by atoms with Crippen LogP contribution in [0.15, 0.2) is 47.4 Å². The van der Waals surface area contributed by atoms with Crippen LogP contribution < -0.4 is 5.32 Å². The quantitative estimate of drug-likeness (QED) is 0.728. The largest absolute Gasteiger partial charge is 0.373 e. The average molecular weight is 295 g/mol. The van der Waals surface area contributed by atoms with E-state index >= 15 is 0 Å². The molecule has 0 aliphatic carbocycles. The molecule has 3 nitrogen and oxygen atoms in total. The fraction of sp³-hybridized carbons (Fsp3) is 0.176. The molecule has 0 saturated carbocycles. The predicted octanol–water partition coefficient (Wildman–Crippen LogP) is 4.37. The van der Waals surface area contributed by atoms with Gasteiger partial charge in [-0.2, -0.15) is 0 Å². The Hall–Kier alpha value is -2.07. The van der Waals surface area contributed by atoms with Crippen LogP contribution in [0.3, 0.4) is 0 Å². The van der Waals surface area contributed by atoms with Crippen LogP contribution in [0.5, 0.6) is 0 Å². The lowest BCUT2D eigenvalue weighted by molar-refractivity contribution is 1.19. The first kappa shape index (κ1) is 13.9. The van der Waals surface area contributed by atoms with Crippen LogP contribution >= 0.6 is 11.8 Å². The highest BCUT2D eigenvalue weighted by atomic mass is 32.2. The van der Waals surface area contributed by atoms with Gasteiger partial charge in [-0.1, -0.05) is 30.3 Å². The normalized spacial score (nSPS) is 10.8. The lowest BCUT2D eigenvalue weighted by Crippen LogP contribution is -2.00. The molecule has 0 radical (unpaired) electrons. The Kier molecular flexibility index (Phi) is 3.80. The number of aryl methyl sites for hydroxylation is 1. The number of benzene rings is 2. The first-order valence-corrected chi connectivity index (χ1v) is 8.05. The summed E-state index contributed by atoms with van der Waals surface area (Å²) in [6, 6.07) is 14.4. The molecule has 0 aliphatic rings. The van der Waals surface area contributed by atoms with E-state index in [0.29, 0.717) is 0 Å². The van der Waals surface area contributed by atoms with Gasteiger partial charge < -0.3 is 5.32 Å². The first-order chi connectivity index (χ1) is 10.2. The third kappa shape index (κ3) is 2.47. The molecule has 1 heterocycles. The van der Waals surface area contributed by atoms with Crippen LogP contribution in [-0.4, -0.2) is 23.3 Å². The van der Waals surface area contributed by atoms with Crippen molar-refractivity contribution in [3.63, 3.8) is 0 Å². The minimum absolute atomic E-state index is 0.766. The standard InChI is InChI=1S/C17H17N3S/c1-11-7-6-9-13-15(11)17(18-2)20-16(19-13)12-8-4-5-10-14(12)21-3/h4-10H,1-3H3,(H,18,19,20). The summed E-state index contributed by atoms with van der Waals surface area (Å²) in [7, 11) is 1.90. The highest BCUT2D eigenvalue weighted by Gasteiger charge is 2.12. The second-order valence-corrected chi connectivity index (χ2v) is 5.66. The predicted molar refractivity (Wildman–Crippen MR) is 91.0 cm³/mol. The molecule has 106 valence electrons. The zero-order valence-electron chi connectivity index (χ0n) is 12.3. The van der Waals surface area contributed by atoms with E-state index in [9.17, 15) is 0 Å². The smallest absolute Gasteiger partial charge is 0.163 e. The lowest BCUT2D eigenvalue weighted by atomic mass is 10.1. The number of anilines is 1. The Morgan fingerprint density at radius 3 is 2.57 bits per heavy atom. The molecule has 0 spiro atoms. The van der Waals surface area contributed by atoms with Crippen molar-refractivity contribution >= 4 is 28.5 Å². The van der Waals surface area contributed by atoms with Crippen molar-refractivity contribution in [3.8, 4) is 11.4 Å². The van der Waals surface area contributed by atoms with E-state index in [2.05, 4.69) is 36.7 Å². The molecule has 0 aliphatic heterocycles. The average Bonchev–Trinajstić information content (AvgIpc) is 2.54. The van der Waals surface area contributed by atoms with Gasteiger partial charge in [0.15, 0.2) is 5.82 Å². The van der Waals surface area contributed by atoms with Gasteiger partial charge in [-0.3, -0.25) is 0 Å². The molecule has 3 rings (SSSR count). The number of rotatable bonds is 3. The molecule has 4 heteroatoms. The summed E-state index contributed by atoms with van der Waals surface area (Å²) in [5, 5.41) is 4.29. The topological polar surface area (TPSA) is 37.8 Å². The van der Waals surface area contributed by atoms with Crippen LogP contribution in [0.2, 0.25) is 0 Å². The number of hydrogen-bond donors (Lipinski definition) is 1. The maximum Gasteiger partial charge on any atom is 0.163 e. The van der Waals surface area contributed by atoms with Crippen molar-refractivity contribution in [2.24, 2.45) is 0 Å². The molecule has 0 unspecified atom stereocenters. The maximum absolute atomic E-state index is 4.76. The van der Waals surface area contributed by atoms with Crippen molar-refractivity contribution in [1.29, 1.82) is 0 Å². The molecule has 3 aromatic rings. The molecule has 0 amide bonds. The second-order valence-electron chi connectivity index (χ2n) is 4.82. The van der Waals surface area contributed by atoms with Gasteiger partial charge in [0.2, 0.25) is 0 Å². The van der Waals surface area contributed by atoms with E-state index in [-0.39, 0.29) is 0 Å². The van der Waals surface area contributed by atoms with E-state index in [1.807, 2.05) is 31.3 Å². The minimum Gasteiger partial charge on any atom is -0.373 e. The highest BCUT2D eigenvalue weighted by Crippen LogP contribution is 2.31. The monoisotopic (exact) mass is 295 g/mol. The van der Waals surface area contributed by atoms with Crippen molar-refractivity contribution in [2.45, 2.75) is 11.8 Å². The van der Waals surface area contributed by atoms with Crippen LogP contribution in [0, 0.1) is 6.92 Å². The summed E-state index contributed by atoms with van der Waals surface area (Å²) in [6.45, 7) is 2.09. The number of nitrogens with one attached hydrogen (secondary N) is 1. The molecule has 1 aromatic heterocycles. The molecular formula is C17H17N3S. The Morgan fingerprint density at radius 2 is 1.81 bits per heavy atom. The van der Waals surface area contributed by atoms with E-state index in [1.54, 1.807) is 11.8 Å². The molecule has 1 N–H and O–H groups in total. The summed E-state index contributed by atoms with van der Waals surface area (Å²) in [5.74, 6) is 1.64. The molecule has 2 aromatic carbocycles. The van der Waals surface area contributed by atoms with Gasteiger partial charge in [0, 0.05) is 22.9 Å². The Bertz CT molecular complexity index is 799. The van der Waals surface area contributed by atoms with Gasteiger partial charge in [-0.25, -0.2) is 9.97 Å². The SMILES string of the molecule is CNc1nc(-c2ccccc2SC)nc2cccc(C)c12. The van der Waals surface area contributed by atoms with Crippen molar-refractivity contribution in [2.75, 3.05) is 18.6 Å². The number of aromatic nitrogens is 2. The summed E-state index contributed by atoms with van der Waals surface area (Å²) in [4.78, 5) is 10.7. The van der Waals surface area contributed by atoms with Crippen LogP contribution in [0.1, 0.15) is 5.56 Å². The molecule has 0 atom stereocenters. The minimum atomic E-state index is 0.766. The van der Waals surface area contributed by atoms with E-state index < -0.39 is 0 Å². The van der Waals surface area contributed by atoms with Gasteiger partial charge >= 0.3 is 0 Å². The Balaban J connectivity index is 2.30. The lowest BCUT2D eigenvalue weighted by Gasteiger charge is -2.11. The fourth-order valence-corrected chi connectivity index (χ4v) is 3.08. The number of thioether (sulfide) groups is 1. The van der Waals surface area contributed by atoms with Crippen LogP contribution in [-0.2, 0) is 0 Å². The van der Waals surface area contributed by atoms with Crippen LogP contribution in [0.4, 0.5) is 5.82 Å². The van der Waals surface area contributed by atoms with Crippen molar-refractivity contribution in [1.82, 2.24) is 9.97 Å². The molecule has 0 saturated heterocycles. The third-order valence-electron chi connectivity index (χ3n) is 3.52. The first-order valence-electron chi connectivity index (χ1n) is 6.83. The Labute approximate surface area is 128 Å². The summed E-state index contributed by atoms with van der Waals surface area (Å²) >= 11 is 1.71. The van der Waals surface area contributed by atoms with Crippen molar-refractivity contribution in [3.05, 3.63) is 48.0 Å². The van der Waals surface area contributed by atoms with Gasteiger partial charge in [-0.15, -0.1) is 11.8 Å². The molecule has 0 fully saturated rings. The number of fused-ring (bicyclic) bond motifs is 1. The maximum atomic E-state index is 4.76. The Morgan fingerprint density at radius 1 is 1.00 bits per heavy atom. The van der Waals surface area contributed by atoms with Gasteiger partial charge in [0.25, 0.3) is 0 Å². The van der Waals surface area contributed by atoms with Crippen LogP contribution in [0.25, 0.3) is 22.3 Å². The fourth-order valence-electron chi connectivity index (χ4n) is 2.49. The third-order valence-corrected chi connectivity index (χ3v) is 4.31.